The number of alkyl halides is 2. The molecule has 0 bridgehead atoms. The average molecular weight is 229 g/mol. The lowest BCUT2D eigenvalue weighted by Crippen LogP contribution is -2.12. The molecule has 1 unspecified atom stereocenters. The van der Waals surface area contributed by atoms with Crippen LogP contribution >= 0.6 is 0 Å². The Balaban J connectivity index is 2.36. The molecule has 1 aromatic rings. The molecule has 1 saturated heterocycles. The van der Waals surface area contributed by atoms with Gasteiger partial charge in [-0.3, -0.25) is 0 Å². The predicted octanol–water partition coefficient (Wildman–Crippen LogP) is 3.01. The summed E-state index contributed by atoms with van der Waals surface area (Å²) < 4.78 is 39.8. The molecule has 1 fully saturated rings. The Labute approximate surface area is 92.7 Å². The largest absolute Gasteiger partial charge is 0.316 e. The van der Waals surface area contributed by atoms with Crippen molar-refractivity contribution in [2.75, 3.05) is 13.1 Å². The summed E-state index contributed by atoms with van der Waals surface area (Å²) in [5, 5.41) is 3.10. The minimum Gasteiger partial charge on any atom is -0.316 e. The van der Waals surface area contributed by atoms with E-state index in [1.54, 1.807) is 0 Å². The van der Waals surface area contributed by atoms with Crippen LogP contribution in [0.5, 0.6) is 0 Å². The summed E-state index contributed by atoms with van der Waals surface area (Å²) in [5.41, 5.74) is 0.292. The molecule has 0 aliphatic carbocycles. The van der Waals surface area contributed by atoms with E-state index < -0.39 is 5.92 Å². The highest BCUT2D eigenvalue weighted by molar-refractivity contribution is 5.31. The van der Waals surface area contributed by atoms with Gasteiger partial charge in [-0.1, -0.05) is 6.07 Å². The van der Waals surface area contributed by atoms with Crippen LogP contribution in [0.15, 0.2) is 18.2 Å². The van der Waals surface area contributed by atoms with Crippen molar-refractivity contribution in [3.05, 3.63) is 35.1 Å². The Morgan fingerprint density at radius 2 is 2.12 bits per heavy atom. The number of hydrogen-bond donors (Lipinski definition) is 1. The molecule has 0 amide bonds. The fraction of sp³-hybridized carbons (Fsp3) is 0.500. The quantitative estimate of drug-likeness (QED) is 0.822. The SMILES string of the molecule is CC(F)(F)c1ccc(F)c(C2CCNC2)c1. The minimum absolute atomic E-state index is 0.0160. The van der Waals surface area contributed by atoms with Crippen LogP contribution in [0.1, 0.15) is 30.4 Å². The summed E-state index contributed by atoms with van der Waals surface area (Å²) in [4.78, 5) is 0. The average Bonchev–Trinajstić information content (AvgIpc) is 2.69. The lowest BCUT2D eigenvalue weighted by atomic mass is 9.94. The first kappa shape index (κ1) is 11.5. The van der Waals surface area contributed by atoms with Crippen molar-refractivity contribution in [3.63, 3.8) is 0 Å². The fourth-order valence-corrected chi connectivity index (χ4v) is 2.05. The second kappa shape index (κ2) is 4.09. The van der Waals surface area contributed by atoms with E-state index in [0.29, 0.717) is 12.1 Å². The maximum Gasteiger partial charge on any atom is 0.270 e. The second-order valence-corrected chi connectivity index (χ2v) is 4.31. The smallest absolute Gasteiger partial charge is 0.270 e. The first-order chi connectivity index (χ1) is 7.48. The zero-order chi connectivity index (χ0) is 11.8. The lowest BCUT2D eigenvalue weighted by molar-refractivity contribution is 0.0173. The van der Waals surface area contributed by atoms with E-state index in [4.69, 9.17) is 0 Å². The summed E-state index contributed by atoms with van der Waals surface area (Å²) in [6, 6.07) is 3.59. The Bertz CT molecular complexity index is 378. The number of benzene rings is 1. The van der Waals surface area contributed by atoms with Crippen molar-refractivity contribution in [1.29, 1.82) is 0 Å². The number of rotatable bonds is 2. The van der Waals surface area contributed by atoms with Crippen molar-refractivity contribution in [3.8, 4) is 0 Å². The molecule has 0 saturated carbocycles. The van der Waals surface area contributed by atoms with Crippen LogP contribution < -0.4 is 5.32 Å². The predicted molar refractivity (Wildman–Crippen MR) is 56.2 cm³/mol. The zero-order valence-electron chi connectivity index (χ0n) is 9.06. The van der Waals surface area contributed by atoms with E-state index in [2.05, 4.69) is 5.32 Å². The lowest BCUT2D eigenvalue weighted by Gasteiger charge is -2.15. The molecule has 88 valence electrons. The maximum atomic E-state index is 13.5. The molecule has 1 N–H and O–H groups in total. The van der Waals surface area contributed by atoms with Gasteiger partial charge in [0.15, 0.2) is 0 Å². The first-order valence-electron chi connectivity index (χ1n) is 5.37. The van der Waals surface area contributed by atoms with Gasteiger partial charge in [-0.15, -0.1) is 0 Å². The Morgan fingerprint density at radius 1 is 1.38 bits per heavy atom. The third-order valence-electron chi connectivity index (χ3n) is 3.00. The molecule has 0 spiro atoms. The highest BCUT2D eigenvalue weighted by Crippen LogP contribution is 2.32. The Morgan fingerprint density at radius 3 is 2.69 bits per heavy atom. The molecule has 2 rings (SSSR count). The maximum absolute atomic E-state index is 13.5. The standard InChI is InChI=1S/C12H14F3N/c1-12(14,15)9-2-3-11(13)10(6-9)8-4-5-16-7-8/h2-3,6,8,16H,4-5,7H2,1H3. The van der Waals surface area contributed by atoms with Crippen molar-refractivity contribution in [2.24, 2.45) is 0 Å². The van der Waals surface area contributed by atoms with Crippen LogP contribution in [-0.4, -0.2) is 13.1 Å². The van der Waals surface area contributed by atoms with Crippen LogP contribution in [0.2, 0.25) is 0 Å². The van der Waals surface area contributed by atoms with Crippen LogP contribution in [0.25, 0.3) is 0 Å². The summed E-state index contributed by atoms with van der Waals surface area (Å²) in [5.74, 6) is -3.28. The van der Waals surface area contributed by atoms with Gasteiger partial charge in [0, 0.05) is 24.9 Å². The molecular weight excluding hydrogens is 215 g/mol. The van der Waals surface area contributed by atoms with Gasteiger partial charge in [0.2, 0.25) is 0 Å². The number of hydrogen-bond acceptors (Lipinski definition) is 1. The molecule has 0 aromatic heterocycles. The van der Waals surface area contributed by atoms with E-state index in [0.717, 1.165) is 32.0 Å². The normalized spacial score (nSPS) is 21.4. The van der Waals surface area contributed by atoms with Crippen LogP contribution in [-0.2, 0) is 5.92 Å². The van der Waals surface area contributed by atoms with Gasteiger partial charge >= 0.3 is 0 Å². The van der Waals surface area contributed by atoms with Gasteiger partial charge in [-0.25, -0.2) is 13.2 Å². The van der Waals surface area contributed by atoms with Gasteiger partial charge < -0.3 is 5.32 Å². The monoisotopic (exact) mass is 229 g/mol. The van der Waals surface area contributed by atoms with Gasteiger partial charge in [0.1, 0.15) is 5.82 Å². The third-order valence-corrected chi connectivity index (χ3v) is 3.00. The van der Waals surface area contributed by atoms with E-state index in [-0.39, 0.29) is 17.3 Å². The molecule has 1 aromatic carbocycles. The first-order valence-corrected chi connectivity index (χ1v) is 5.37. The molecule has 1 heterocycles. The van der Waals surface area contributed by atoms with Crippen LogP contribution in [0.4, 0.5) is 13.2 Å². The molecule has 1 aliphatic rings. The molecule has 1 atom stereocenters. The third kappa shape index (κ3) is 2.21. The topological polar surface area (TPSA) is 12.0 Å². The fourth-order valence-electron chi connectivity index (χ4n) is 2.05. The van der Waals surface area contributed by atoms with Crippen LogP contribution in [0, 0.1) is 5.82 Å². The summed E-state index contributed by atoms with van der Waals surface area (Å²) in [7, 11) is 0. The van der Waals surface area contributed by atoms with E-state index >= 15 is 0 Å². The molecular formula is C12H14F3N. The molecule has 4 heteroatoms. The number of nitrogens with one attached hydrogen (secondary N) is 1. The summed E-state index contributed by atoms with van der Waals surface area (Å²) in [6.07, 6.45) is 0.801. The van der Waals surface area contributed by atoms with E-state index in [1.165, 1.54) is 6.07 Å². The van der Waals surface area contributed by atoms with E-state index in [9.17, 15) is 13.2 Å². The van der Waals surface area contributed by atoms with Crippen molar-refractivity contribution >= 4 is 0 Å². The molecule has 1 nitrogen and oxygen atoms in total. The van der Waals surface area contributed by atoms with Gasteiger partial charge in [-0.05, 0) is 30.7 Å². The second-order valence-electron chi connectivity index (χ2n) is 4.31. The van der Waals surface area contributed by atoms with Crippen molar-refractivity contribution in [2.45, 2.75) is 25.2 Å². The highest BCUT2D eigenvalue weighted by Gasteiger charge is 2.27. The Hall–Kier alpha value is -1.03. The zero-order valence-corrected chi connectivity index (χ0v) is 9.06. The van der Waals surface area contributed by atoms with Gasteiger partial charge in [-0.2, -0.15) is 0 Å². The van der Waals surface area contributed by atoms with E-state index in [1.807, 2.05) is 0 Å². The highest BCUT2D eigenvalue weighted by atomic mass is 19.3. The van der Waals surface area contributed by atoms with Crippen molar-refractivity contribution in [1.82, 2.24) is 5.32 Å². The summed E-state index contributed by atoms with van der Waals surface area (Å²) in [6.45, 7) is 2.31. The molecule has 16 heavy (non-hydrogen) atoms. The van der Waals surface area contributed by atoms with Gasteiger partial charge in [0.25, 0.3) is 5.92 Å². The summed E-state index contributed by atoms with van der Waals surface area (Å²) >= 11 is 0. The molecule has 1 aliphatic heterocycles. The Kier molecular flexibility index (Phi) is 2.93. The number of halogens is 3. The van der Waals surface area contributed by atoms with Crippen molar-refractivity contribution < 1.29 is 13.2 Å². The molecule has 0 radical (unpaired) electrons. The van der Waals surface area contributed by atoms with Crippen LogP contribution in [0.3, 0.4) is 0 Å². The minimum atomic E-state index is -2.91. The van der Waals surface area contributed by atoms with Gasteiger partial charge in [0.05, 0.1) is 0 Å².